The van der Waals surface area contributed by atoms with Crippen molar-refractivity contribution in [3.63, 3.8) is 0 Å². The van der Waals surface area contributed by atoms with E-state index >= 15 is 0 Å². The van der Waals surface area contributed by atoms with Crippen molar-refractivity contribution in [3.05, 3.63) is 77.6 Å². The largest absolute Gasteiger partial charge is 0.483 e. The average Bonchev–Trinajstić information content (AvgIpc) is 3.10. The van der Waals surface area contributed by atoms with E-state index in [1.807, 2.05) is 68.7 Å². The van der Waals surface area contributed by atoms with Gasteiger partial charge in [-0.2, -0.15) is 0 Å². The average molecular weight is 437 g/mol. The number of benzene rings is 2. The van der Waals surface area contributed by atoms with Crippen LogP contribution in [0.5, 0.6) is 5.75 Å². The van der Waals surface area contributed by atoms with E-state index in [0.717, 1.165) is 22.6 Å². The normalized spacial score (nSPS) is 11.7. The lowest BCUT2D eigenvalue weighted by Crippen LogP contribution is -2.15. The zero-order chi connectivity index (χ0) is 22.4. The van der Waals surface area contributed by atoms with Crippen LogP contribution in [0.15, 0.2) is 60.3 Å². The number of rotatable bonds is 9. The lowest BCUT2D eigenvalue weighted by molar-refractivity contribution is -0.113. The van der Waals surface area contributed by atoms with Crippen LogP contribution in [0.4, 0.5) is 5.69 Å². The van der Waals surface area contributed by atoms with Crippen LogP contribution >= 0.6 is 11.8 Å². The number of anilines is 1. The summed E-state index contributed by atoms with van der Waals surface area (Å²) in [6.45, 7) is 12.4. The van der Waals surface area contributed by atoms with Gasteiger partial charge in [0.2, 0.25) is 5.91 Å². The fourth-order valence-electron chi connectivity index (χ4n) is 3.26. The van der Waals surface area contributed by atoms with E-state index in [2.05, 4.69) is 28.2 Å². The molecule has 1 unspecified atom stereocenters. The monoisotopic (exact) mass is 436 g/mol. The summed E-state index contributed by atoms with van der Waals surface area (Å²) in [5, 5.41) is 12.2. The van der Waals surface area contributed by atoms with Gasteiger partial charge in [0.1, 0.15) is 5.75 Å². The first-order chi connectivity index (χ1) is 14.9. The highest BCUT2D eigenvalue weighted by Crippen LogP contribution is 2.25. The minimum atomic E-state index is -0.298. The first-order valence-corrected chi connectivity index (χ1v) is 11.1. The number of nitrogens with one attached hydrogen (secondary N) is 1. The summed E-state index contributed by atoms with van der Waals surface area (Å²) >= 11 is 1.34. The molecule has 0 fully saturated rings. The second kappa shape index (κ2) is 10.3. The zero-order valence-corrected chi connectivity index (χ0v) is 19.2. The highest BCUT2D eigenvalue weighted by molar-refractivity contribution is 7.99. The van der Waals surface area contributed by atoms with E-state index in [-0.39, 0.29) is 17.8 Å². The van der Waals surface area contributed by atoms with Gasteiger partial charge in [-0.15, -0.1) is 16.8 Å². The maximum absolute atomic E-state index is 12.5. The second-order valence-electron chi connectivity index (χ2n) is 7.53. The van der Waals surface area contributed by atoms with Gasteiger partial charge in [-0.05, 0) is 63.1 Å². The molecule has 31 heavy (non-hydrogen) atoms. The zero-order valence-electron chi connectivity index (χ0n) is 18.4. The quantitative estimate of drug-likeness (QED) is 0.366. The number of nitrogens with zero attached hydrogens (tertiary/aromatic N) is 3. The number of hydrogen-bond acceptors (Lipinski definition) is 5. The number of thioether (sulfide) groups is 1. The third kappa shape index (κ3) is 6.21. The van der Waals surface area contributed by atoms with Crippen molar-refractivity contribution in [2.45, 2.75) is 45.5 Å². The Bertz CT molecular complexity index is 1040. The molecular formula is C24H28N4O2S. The summed E-state index contributed by atoms with van der Waals surface area (Å²) in [7, 11) is 0. The number of allylic oxidation sites excluding steroid dienone is 1. The van der Waals surface area contributed by atoms with Gasteiger partial charge in [-0.25, -0.2) is 0 Å². The van der Waals surface area contributed by atoms with Gasteiger partial charge in [-0.1, -0.05) is 41.6 Å². The van der Waals surface area contributed by atoms with Crippen LogP contribution < -0.4 is 10.1 Å². The number of hydrogen-bond donors (Lipinski definition) is 1. The van der Waals surface area contributed by atoms with Gasteiger partial charge in [0.05, 0.1) is 5.75 Å². The Morgan fingerprint density at radius 2 is 1.81 bits per heavy atom. The third-order valence-electron chi connectivity index (χ3n) is 4.59. The summed E-state index contributed by atoms with van der Waals surface area (Å²) in [5.41, 5.74) is 4.20. The fourth-order valence-corrected chi connectivity index (χ4v) is 4.01. The topological polar surface area (TPSA) is 69.0 Å². The Morgan fingerprint density at radius 1 is 1.13 bits per heavy atom. The molecule has 0 spiro atoms. The van der Waals surface area contributed by atoms with E-state index in [0.29, 0.717) is 17.5 Å². The number of carbonyl (C=O) groups excluding carboxylic acids is 1. The molecule has 0 radical (unpaired) electrons. The Morgan fingerprint density at radius 3 is 2.45 bits per heavy atom. The van der Waals surface area contributed by atoms with E-state index in [1.54, 1.807) is 6.08 Å². The molecule has 3 aromatic rings. The van der Waals surface area contributed by atoms with Crippen molar-refractivity contribution in [3.8, 4) is 5.75 Å². The molecule has 162 valence electrons. The van der Waals surface area contributed by atoms with Crippen molar-refractivity contribution in [1.29, 1.82) is 0 Å². The van der Waals surface area contributed by atoms with E-state index < -0.39 is 0 Å². The molecule has 7 heteroatoms. The van der Waals surface area contributed by atoms with Crippen LogP contribution in [0.1, 0.15) is 35.5 Å². The molecule has 1 heterocycles. The highest BCUT2D eigenvalue weighted by atomic mass is 32.2. The lowest BCUT2D eigenvalue weighted by Gasteiger charge is -2.16. The van der Waals surface area contributed by atoms with Crippen LogP contribution in [0, 0.1) is 20.8 Å². The van der Waals surface area contributed by atoms with Crippen molar-refractivity contribution in [2.75, 3.05) is 11.1 Å². The lowest BCUT2D eigenvalue weighted by atomic mass is 10.1. The second-order valence-corrected chi connectivity index (χ2v) is 8.47. The van der Waals surface area contributed by atoms with Crippen molar-refractivity contribution in [1.82, 2.24) is 14.8 Å². The molecule has 0 aliphatic carbocycles. The number of aromatic nitrogens is 3. The van der Waals surface area contributed by atoms with Gasteiger partial charge >= 0.3 is 0 Å². The molecule has 1 atom stereocenters. The van der Waals surface area contributed by atoms with Crippen LogP contribution in [-0.2, 0) is 11.3 Å². The molecule has 6 nitrogen and oxygen atoms in total. The molecule has 3 rings (SSSR count). The maximum Gasteiger partial charge on any atom is 0.234 e. The molecule has 1 aromatic heterocycles. The molecule has 0 aliphatic rings. The van der Waals surface area contributed by atoms with E-state index in [4.69, 9.17) is 4.74 Å². The Kier molecular flexibility index (Phi) is 7.52. The van der Waals surface area contributed by atoms with Crippen LogP contribution in [0.3, 0.4) is 0 Å². The molecule has 2 aromatic carbocycles. The molecule has 0 bridgehead atoms. The minimum absolute atomic E-state index is 0.0892. The molecule has 0 saturated heterocycles. The van der Waals surface area contributed by atoms with Crippen LogP contribution in [-0.4, -0.2) is 26.4 Å². The van der Waals surface area contributed by atoms with E-state index in [9.17, 15) is 4.79 Å². The Hall–Kier alpha value is -3.06. The molecule has 1 N–H and O–H groups in total. The summed E-state index contributed by atoms with van der Waals surface area (Å²) in [5.74, 6) is 1.61. The minimum Gasteiger partial charge on any atom is -0.483 e. The highest BCUT2D eigenvalue weighted by Gasteiger charge is 2.20. The van der Waals surface area contributed by atoms with E-state index in [1.165, 1.54) is 17.3 Å². The van der Waals surface area contributed by atoms with Gasteiger partial charge in [0, 0.05) is 12.2 Å². The summed E-state index contributed by atoms with van der Waals surface area (Å²) in [6, 6.07) is 13.9. The van der Waals surface area contributed by atoms with Crippen LogP contribution in [0.25, 0.3) is 0 Å². The van der Waals surface area contributed by atoms with Gasteiger partial charge in [0.15, 0.2) is 17.1 Å². The molecular weight excluding hydrogens is 408 g/mol. The van der Waals surface area contributed by atoms with Crippen molar-refractivity contribution in [2.24, 2.45) is 0 Å². The third-order valence-corrected chi connectivity index (χ3v) is 5.56. The predicted molar refractivity (Wildman–Crippen MR) is 126 cm³/mol. The molecule has 0 saturated carbocycles. The first kappa shape index (κ1) is 22.6. The fraction of sp³-hybridized carbons (Fsp3) is 0.292. The summed E-state index contributed by atoms with van der Waals surface area (Å²) in [4.78, 5) is 12.5. The van der Waals surface area contributed by atoms with Gasteiger partial charge in [-0.3, -0.25) is 9.36 Å². The van der Waals surface area contributed by atoms with Gasteiger partial charge < -0.3 is 10.1 Å². The standard InChI is InChI=1S/C24H28N4O2S/c1-6-11-28-23(19(5)30-21-9-7-16(2)8-10-21)26-27-24(28)31-15-22(29)25-20-13-17(3)12-18(4)14-20/h6-10,12-14,19H,1,11,15H2,2-5H3,(H,25,29). The SMILES string of the molecule is C=CCn1c(SCC(=O)Nc2cc(C)cc(C)c2)nnc1C(C)Oc1ccc(C)cc1. The smallest absolute Gasteiger partial charge is 0.234 e. The first-order valence-electron chi connectivity index (χ1n) is 10.1. The summed E-state index contributed by atoms with van der Waals surface area (Å²) in [6.07, 6.45) is 1.49. The molecule has 1 amide bonds. The Balaban J connectivity index is 1.67. The predicted octanol–water partition coefficient (Wildman–Crippen LogP) is 5.26. The van der Waals surface area contributed by atoms with Gasteiger partial charge in [0.25, 0.3) is 0 Å². The summed E-state index contributed by atoms with van der Waals surface area (Å²) < 4.78 is 7.97. The maximum atomic E-state index is 12.5. The Labute approximate surface area is 187 Å². The number of ether oxygens (including phenoxy) is 1. The van der Waals surface area contributed by atoms with Crippen LogP contribution in [0.2, 0.25) is 0 Å². The number of aryl methyl sites for hydroxylation is 3. The molecule has 0 aliphatic heterocycles. The van der Waals surface area contributed by atoms with Crippen molar-refractivity contribution >= 4 is 23.4 Å². The number of amides is 1. The van der Waals surface area contributed by atoms with Crippen molar-refractivity contribution < 1.29 is 9.53 Å². The number of carbonyl (C=O) groups is 1.